The van der Waals surface area contributed by atoms with Crippen LogP contribution in [0.25, 0.3) is 5.69 Å². The molecule has 1 aliphatic rings. The first-order chi connectivity index (χ1) is 15.9. The van der Waals surface area contributed by atoms with E-state index in [1.807, 2.05) is 0 Å². The minimum Gasteiger partial charge on any atom is -0.495 e. The van der Waals surface area contributed by atoms with Crippen molar-refractivity contribution in [3.8, 4) is 11.4 Å². The van der Waals surface area contributed by atoms with E-state index in [1.54, 1.807) is 12.1 Å². The topological polar surface area (TPSA) is 116 Å². The van der Waals surface area contributed by atoms with Gasteiger partial charge in [-0.05, 0) is 35.9 Å². The predicted molar refractivity (Wildman–Crippen MR) is 116 cm³/mol. The maximum atomic E-state index is 14.4. The molecule has 1 fully saturated rings. The number of sulfonamides is 1. The molecule has 0 bridgehead atoms. The van der Waals surface area contributed by atoms with Gasteiger partial charge in [-0.25, -0.2) is 22.5 Å². The van der Waals surface area contributed by atoms with Gasteiger partial charge < -0.3 is 14.8 Å². The molecular formula is C21H22FN5O5S. The number of nitrogens with one attached hydrogen (secondary N) is 1. The van der Waals surface area contributed by atoms with Crippen LogP contribution in [-0.2, 0) is 26.0 Å². The number of ether oxygens (including phenoxy) is 2. The molecule has 33 heavy (non-hydrogen) atoms. The van der Waals surface area contributed by atoms with Crippen molar-refractivity contribution in [1.29, 1.82) is 0 Å². The number of benzene rings is 2. The van der Waals surface area contributed by atoms with Gasteiger partial charge in [0.15, 0.2) is 5.82 Å². The normalized spacial score (nSPS) is 14.7. The van der Waals surface area contributed by atoms with Crippen LogP contribution in [0.15, 0.2) is 53.9 Å². The summed E-state index contributed by atoms with van der Waals surface area (Å²) in [6.07, 6.45) is 2.54. The van der Waals surface area contributed by atoms with Gasteiger partial charge in [-0.3, -0.25) is 4.79 Å². The third-order valence-electron chi connectivity index (χ3n) is 5.08. The van der Waals surface area contributed by atoms with Crippen LogP contribution < -0.4 is 10.1 Å². The third-order valence-corrected chi connectivity index (χ3v) is 7.00. The van der Waals surface area contributed by atoms with Crippen LogP contribution in [-0.4, -0.2) is 66.8 Å². The first-order valence-electron chi connectivity index (χ1n) is 10.1. The van der Waals surface area contributed by atoms with E-state index in [-0.39, 0.29) is 41.5 Å². The minimum atomic E-state index is -3.82. The Bertz CT molecular complexity index is 1240. The van der Waals surface area contributed by atoms with Crippen LogP contribution in [0.2, 0.25) is 0 Å². The van der Waals surface area contributed by atoms with Crippen molar-refractivity contribution in [3.05, 3.63) is 60.4 Å². The fraction of sp³-hybridized carbons (Fsp3) is 0.286. The second-order valence-corrected chi connectivity index (χ2v) is 9.14. The zero-order valence-corrected chi connectivity index (χ0v) is 18.6. The molecule has 0 atom stereocenters. The van der Waals surface area contributed by atoms with Gasteiger partial charge in [0, 0.05) is 18.8 Å². The zero-order valence-electron chi connectivity index (χ0n) is 17.8. The smallest absolute Gasteiger partial charge is 0.246 e. The molecule has 12 heteroatoms. The summed E-state index contributed by atoms with van der Waals surface area (Å²) in [5, 5.41) is 6.50. The van der Waals surface area contributed by atoms with Gasteiger partial charge in [-0.2, -0.15) is 9.40 Å². The van der Waals surface area contributed by atoms with Crippen molar-refractivity contribution in [2.24, 2.45) is 0 Å². The van der Waals surface area contributed by atoms with Gasteiger partial charge in [0.1, 0.15) is 29.0 Å². The lowest BCUT2D eigenvalue weighted by atomic mass is 10.1. The average molecular weight is 476 g/mol. The highest BCUT2D eigenvalue weighted by atomic mass is 32.2. The van der Waals surface area contributed by atoms with Crippen LogP contribution in [0.1, 0.15) is 5.56 Å². The van der Waals surface area contributed by atoms with Crippen LogP contribution >= 0.6 is 0 Å². The summed E-state index contributed by atoms with van der Waals surface area (Å²) in [5.41, 5.74) is 0.925. The molecule has 0 spiro atoms. The lowest BCUT2D eigenvalue weighted by molar-refractivity contribution is -0.115. The van der Waals surface area contributed by atoms with Gasteiger partial charge >= 0.3 is 0 Å². The van der Waals surface area contributed by atoms with E-state index in [4.69, 9.17) is 9.47 Å². The van der Waals surface area contributed by atoms with Crippen molar-refractivity contribution in [2.75, 3.05) is 38.7 Å². The molecule has 2 aromatic carbocycles. The number of halogens is 1. The first-order valence-corrected chi connectivity index (χ1v) is 11.5. The number of anilines is 1. The van der Waals surface area contributed by atoms with Crippen molar-refractivity contribution in [1.82, 2.24) is 19.1 Å². The molecule has 0 radical (unpaired) electrons. The quantitative estimate of drug-likeness (QED) is 0.552. The van der Waals surface area contributed by atoms with Crippen molar-refractivity contribution < 1.29 is 27.1 Å². The number of methoxy groups -OCH3 is 1. The number of nitrogens with zero attached hydrogens (tertiary/aromatic N) is 4. The average Bonchev–Trinajstić information content (AvgIpc) is 3.34. The van der Waals surface area contributed by atoms with Crippen LogP contribution in [0.4, 0.5) is 10.1 Å². The highest BCUT2D eigenvalue weighted by molar-refractivity contribution is 7.89. The van der Waals surface area contributed by atoms with Gasteiger partial charge in [-0.1, -0.05) is 6.07 Å². The lowest BCUT2D eigenvalue weighted by Crippen LogP contribution is -2.40. The lowest BCUT2D eigenvalue weighted by Gasteiger charge is -2.26. The third kappa shape index (κ3) is 5.02. The number of hydrogen-bond acceptors (Lipinski definition) is 7. The van der Waals surface area contributed by atoms with E-state index in [9.17, 15) is 17.6 Å². The number of morpholine rings is 1. The van der Waals surface area contributed by atoms with Gasteiger partial charge in [0.25, 0.3) is 0 Å². The van der Waals surface area contributed by atoms with Crippen molar-refractivity contribution >= 4 is 21.6 Å². The monoisotopic (exact) mass is 475 g/mol. The van der Waals surface area contributed by atoms with Crippen LogP contribution in [0.5, 0.6) is 5.75 Å². The number of carbonyl (C=O) groups is 1. The summed E-state index contributed by atoms with van der Waals surface area (Å²) < 4.78 is 53.7. The van der Waals surface area contributed by atoms with Crippen molar-refractivity contribution in [2.45, 2.75) is 11.3 Å². The molecule has 0 unspecified atom stereocenters. The Labute approximate surface area is 190 Å². The second-order valence-electron chi connectivity index (χ2n) is 7.23. The molecular weight excluding hydrogens is 453 g/mol. The molecule has 4 rings (SSSR count). The van der Waals surface area contributed by atoms with Gasteiger partial charge in [0.2, 0.25) is 15.9 Å². The molecule has 3 aromatic rings. The standard InChI is InChI=1S/C21H22FN5O5S/c1-31-19-5-2-15(10-20(19)33(29,30)26-6-8-32-9-7-26)11-21(28)25-16-3-4-18(17(22)12-16)27-14-23-13-24-27/h2-5,10,12-14H,6-9,11H2,1H3,(H,25,28). The van der Waals surface area contributed by atoms with Crippen molar-refractivity contribution in [3.63, 3.8) is 0 Å². The Kier molecular flexibility index (Phi) is 6.67. The molecule has 10 nitrogen and oxygen atoms in total. The Balaban J connectivity index is 1.50. The molecule has 1 N–H and O–H groups in total. The number of aromatic nitrogens is 3. The molecule has 1 amide bonds. The highest BCUT2D eigenvalue weighted by Gasteiger charge is 2.29. The maximum Gasteiger partial charge on any atom is 0.246 e. The SMILES string of the molecule is COc1ccc(CC(=O)Nc2ccc(-n3cncn3)c(F)c2)cc1S(=O)(=O)N1CCOCC1. The fourth-order valence-corrected chi connectivity index (χ4v) is 5.07. The Hall–Kier alpha value is -3.35. The summed E-state index contributed by atoms with van der Waals surface area (Å²) in [5.74, 6) is -0.819. The van der Waals surface area contributed by atoms with E-state index in [0.717, 1.165) is 0 Å². The molecule has 174 valence electrons. The minimum absolute atomic E-state index is 0.0135. The molecule has 0 aliphatic carbocycles. The van der Waals surface area contributed by atoms with E-state index in [2.05, 4.69) is 15.4 Å². The summed E-state index contributed by atoms with van der Waals surface area (Å²) >= 11 is 0. The van der Waals surface area contributed by atoms with E-state index < -0.39 is 21.7 Å². The molecule has 1 aliphatic heterocycles. The fourth-order valence-electron chi connectivity index (χ4n) is 3.45. The molecule has 0 saturated carbocycles. The van der Waals surface area contributed by atoms with Crippen LogP contribution in [0, 0.1) is 5.82 Å². The molecule has 2 heterocycles. The first kappa shape index (κ1) is 22.8. The summed E-state index contributed by atoms with van der Waals surface area (Å²) in [6, 6.07) is 8.75. The van der Waals surface area contributed by atoms with E-state index in [1.165, 1.54) is 53.0 Å². The number of rotatable bonds is 7. The predicted octanol–water partition coefficient (Wildman–Crippen LogP) is 1.62. The van der Waals surface area contributed by atoms with Crippen LogP contribution in [0.3, 0.4) is 0 Å². The zero-order chi connectivity index (χ0) is 23.4. The number of amides is 1. The van der Waals surface area contributed by atoms with Gasteiger partial charge in [0.05, 0.1) is 26.7 Å². The van der Waals surface area contributed by atoms with Gasteiger partial charge in [-0.15, -0.1) is 0 Å². The maximum absolute atomic E-state index is 14.4. The number of carbonyl (C=O) groups excluding carboxylic acids is 1. The summed E-state index contributed by atoms with van der Waals surface area (Å²) in [7, 11) is -2.43. The second kappa shape index (κ2) is 9.65. The Morgan fingerprint density at radius 2 is 2.00 bits per heavy atom. The van der Waals surface area contributed by atoms with E-state index >= 15 is 0 Å². The molecule has 1 aromatic heterocycles. The summed E-state index contributed by atoms with van der Waals surface area (Å²) in [4.78, 5) is 16.3. The number of hydrogen-bond donors (Lipinski definition) is 1. The highest BCUT2D eigenvalue weighted by Crippen LogP contribution is 2.29. The Morgan fingerprint density at radius 1 is 1.21 bits per heavy atom. The molecule has 1 saturated heterocycles. The Morgan fingerprint density at radius 3 is 2.67 bits per heavy atom. The summed E-state index contributed by atoms with van der Waals surface area (Å²) in [6.45, 7) is 1.12. The largest absolute Gasteiger partial charge is 0.495 e. The van der Waals surface area contributed by atoms with E-state index in [0.29, 0.717) is 18.8 Å².